The van der Waals surface area contributed by atoms with E-state index >= 15 is 0 Å². The number of nitrogens with zero attached hydrogens (tertiary/aromatic N) is 1. The van der Waals surface area contributed by atoms with Crippen LogP contribution in [0.2, 0.25) is 0 Å². The standard InChI is InChI=1S/C14H15N3O/c15-17-13(11-4-2-7-16-9-11)12-5-1-3-10-6-8-18-14(10)12/h1-5,7,9,13,17H,6,8,15H2. The Hall–Kier alpha value is -1.91. The average molecular weight is 241 g/mol. The number of para-hydroxylation sites is 1. The van der Waals surface area contributed by atoms with Crippen molar-refractivity contribution in [3.05, 3.63) is 59.4 Å². The zero-order valence-electron chi connectivity index (χ0n) is 9.97. The Balaban J connectivity index is 2.05. The van der Waals surface area contributed by atoms with Gasteiger partial charge in [-0.3, -0.25) is 10.8 Å². The van der Waals surface area contributed by atoms with Gasteiger partial charge in [0.1, 0.15) is 5.75 Å². The Bertz CT molecular complexity index is 542. The van der Waals surface area contributed by atoms with Crippen molar-refractivity contribution in [2.45, 2.75) is 12.5 Å². The molecule has 1 aromatic carbocycles. The van der Waals surface area contributed by atoms with Crippen molar-refractivity contribution in [3.63, 3.8) is 0 Å². The zero-order valence-corrected chi connectivity index (χ0v) is 9.97. The number of nitrogens with one attached hydrogen (secondary N) is 1. The van der Waals surface area contributed by atoms with Crippen LogP contribution >= 0.6 is 0 Å². The number of aromatic nitrogens is 1. The lowest BCUT2D eigenvalue weighted by atomic mass is 9.97. The van der Waals surface area contributed by atoms with Crippen molar-refractivity contribution < 1.29 is 4.74 Å². The number of nitrogens with two attached hydrogens (primary N) is 1. The molecule has 92 valence electrons. The molecule has 0 fully saturated rings. The van der Waals surface area contributed by atoms with Gasteiger partial charge in [0.2, 0.25) is 0 Å². The van der Waals surface area contributed by atoms with Gasteiger partial charge in [-0.25, -0.2) is 5.43 Å². The highest BCUT2D eigenvalue weighted by molar-refractivity contribution is 5.48. The van der Waals surface area contributed by atoms with E-state index in [-0.39, 0.29) is 6.04 Å². The van der Waals surface area contributed by atoms with Gasteiger partial charge in [-0.05, 0) is 17.2 Å². The number of rotatable bonds is 3. The summed E-state index contributed by atoms with van der Waals surface area (Å²) < 4.78 is 5.72. The smallest absolute Gasteiger partial charge is 0.127 e. The van der Waals surface area contributed by atoms with E-state index in [0.717, 1.165) is 29.9 Å². The van der Waals surface area contributed by atoms with Crippen molar-refractivity contribution in [2.75, 3.05) is 6.61 Å². The molecule has 0 saturated heterocycles. The molecule has 4 heteroatoms. The Morgan fingerprint density at radius 1 is 1.28 bits per heavy atom. The number of hydrogen-bond donors (Lipinski definition) is 2. The summed E-state index contributed by atoms with van der Waals surface area (Å²) in [6, 6.07) is 10.0. The van der Waals surface area contributed by atoms with Gasteiger partial charge in [-0.15, -0.1) is 0 Å². The van der Waals surface area contributed by atoms with Crippen LogP contribution in [0.3, 0.4) is 0 Å². The molecule has 1 atom stereocenters. The minimum atomic E-state index is -0.0910. The Morgan fingerprint density at radius 3 is 3.00 bits per heavy atom. The quantitative estimate of drug-likeness (QED) is 0.632. The monoisotopic (exact) mass is 241 g/mol. The molecule has 1 unspecified atom stereocenters. The van der Waals surface area contributed by atoms with E-state index in [0.29, 0.717) is 0 Å². The lowest BCUT2D eigenvalue weighted by molar-refractivity contribution is 0.350. The summed E-state index contributed by atoms with van der Waals surface area (Å²) in [5.74, 6) is 6.66. The molecule has 0 amide bonds. The molecular formula is C14H15N3O. The third-order valence-electron chi connectivity index (χ3n) is 3.24. The fourth-order valence-electron chi connectivity index (χ4n) is 2.38. The van der Waals surface area contributed by atoms with Crippen molar-refractivity contribution >= 4 is 0 Å². The van der Waals surface area contributed by atoms with Crippen molar-refractivity contribution in [1.82, 2.24) is 10.4 Å². The molecule has 1 aromatic heterocycles. The topological polar surface area (TPSA) is 60.2 Å². The molecule has 0 bridgehead atoms. The molecule has 3 N–H and O–H groups in total. The van der Waals surface area contributed by atoms with E-state index in [1.807, 2.05) is 30.5 Å². The lowest BCUT2D eigenvalue weighted by Gasteiger charge is -2.19. The minimum Gasteiger partial charge on any atom is -0.493 e. The Morgan fingerprint density at radius 2 is 2.22 bits per heavy atom. The minimum absolute atomic E-state index is 0.0910. The van der Waals surface area contributed by atoms with Gasteiger partial charge in [0.25, 0.3) is 0 Å². The molecule has 3 rings (SSSR count). The van der Waals surface area contributed by atoms with E-state index in [2.05, 4.69) is 16.5 Å². The molecule has 0 aliphatic carbocycles. The number of hydrogen-bond acceptors (Lipinski definition) is 4. The van der Waals surface area contributed by atoms with Crippen LogP contribution in [-0.2, 0) is 6.42 Å². The first-order chi connectivity index (χ1) is 8.90. The maximum absolute atomic E-state index is 5.72. The van der Waals surface area contributed by atoms with E-state index in [9.17, 15) is 0 Å². The summed E-state index contributed by atoms with van der Waals surface area (Å²) in [6.07, 6.45) is 4.54. The fourth-order valence-corrected chi connectivity index (χ4v) is 2.38. The number of ether oxygens (including phenoxy) is 1. The lowest BCUT2D eigenvalue weighted by Crippen LogP contribution is -2.29. The van der Waals surface area contributed by atoms with Gasteiger partial charge >= 0.3 is 0 Å². The summed E-state index contributed by atoms with van der Waals surface area (Å²) >= 11 is 0. The van der Waals surface area contributed by atoms with Crippen LogP contribution in [0.4, 0.5) is 0 Å². The number of fused-ring (bicyclic) bond motifs is 1. The Labute approximate surface area is 106 Å². The van der Waals surface area contributed by atoms with Crippen molar-refractivity contribution in [3.8, 4) is 5.75 Å². The highest BCUT2D eigenvalue weighted by Crippen LogP contribution is 2.35. The van der Waals surface area contributed by atoms with E-state index in [1.165, 1.54) is 5.56 Å². The molecular weight excluding hydrogens is 226 g/mol. The maximum atomic E-state index is 5.72. The molecule has 1 aliphatic heterocycles. The number of benzene rings is 1. The first-order valence-corrected chi connectivity index (χ1v) is 6.01. The summed E-state index contributed by atoms with van der Waals surface area (Å²) in [4.78, 5) is 4.14. The molecule has 2 aromatic rings. The summed E-state index contributed by atoms with van der Waals surface area (Å²) in [7, 11) is 0. The zero-order chi connectivity index (χ0) is 12.4. The summed E-state index contributed by atoms with van der Waals surface area (Å²) in [5, 5.41) is 0. The third kappa shape index (κ3) is 1.85. The predicted molar refractivity (Wildman–Crippen MR) is 69.0 cm³/mol. The van der Waals surface area contributed by atoms with Crippen LogP contribution in [-0.4, -0.2) is 11.6 Å². The number of hydrazine groups is 1. The second-order valence-electron chi connectivity index (χ2n) is 4.32. The summed E-state index contributed by atoms with van der Waals surface area (Å²) in [5.41, 5.74) is 6.19. The highest BCUT2D eigenvalue weighted by atomic mass is 16.5. The molecule has 1 aliphatic rings. The molecule has 2 heterocycles. The second kappa shape index (κ2) is 4.76. The highest BCUT2D eigenvalue weighted by Gasteiger charge is 2.22. The SMILES string of the molecule is NNC(c1cccnc1)c1cccc2c1OCC2. The predicted octanol–water partition coefficient (Wildman–Crippen LogP) is 1.57. The van der Waals surface area contributed by atoms with E-state index < -0.39 is 0 Å². The van der Waals surface area contributed by atoms with Gasteiger partial charge in [0.15, 0.2) is 0 Å². The van der Waals surface area contributed by atoms with Crippen LogP contribution in [0, 0.1) is 0 Å². The van der Waals surface area contributed by atoms with Gasteiger partial charge in [0, 0.05) is 24.4 Å². The van der Waals surface area contributed by atoms with Gasteiger partial charge in [-0.1, -0.05) is 24.3 Å². The molecule has 0 saturated carbocycles. The van der Waals surface area contributed by atoms with Crippen LogP contribution < -0.4 is 16.0 Å². The van der Waals surface area contributed by atoms with Crippen LogP contribution in [0.5, 0.6) is 5.75 Å². The molecule has 0 spiro atoms. The Kier molecular flexibility index (Phi) is 2.96. The second-order valence-corrected chi connectivity index (χ2v) is 4.32. The van der Waals surface area contributed by atoms with E-state index in [4.69, 9.17) is 10.6 Å². The normalized spacial score (nSPS) is 14.9. The first-order valence-electron chi connectivity index (χ1n) is 6.01. The van der Waals surface area contributed by atoms with Crippen LogP contribution in [0.25, 0.3) is 0 Å². The van der Waals surface area contributed by atoms with Crippen LogP contribution in [0.1, 0.15) is 22.7 Å². The third-order valence-corrected chi connectivity index (χ3v) is 3.24. The largest absolute Gasteiger partial charge is 0.493 e. The van der Waals surface area contributed by atoms with Crippen LogP contribution in [0.15, 0.2) is 42.7 Å². The van der Waals surface area contributed by atoms with Crippen molar-refractivity contribution in [2.24, 2.45) is 5.84 Å². The van der Waals surface area contributed by atoms with Crippen molar-refractivity contribution in [1.29, 1.82) is 0 Å². The fraction of sp³-hybridized carbons (Fsp3) is 0.214. The molecule has 0 radical (unpaired) electrons. The van der Waals surface area contributed by atoms with Gasteiger partial charge < -0.3 is 4.74 Å². The van der Waals surface area contributed by atoms with E-state index in [1.54, 1.807) is 6.20 Å². The van der Waals surface area contributed by atoms with Gasteiger partial charge in [-0.2, -0.15) is 0 Å². The molecule has 18 heavy (non-hydrogen) atoms. The summed E-state index contributed by atoms with van der Waals surface area (Å²) in [6.45, 7) is 0.747. The van der Waals surface area contributed by atoms with Gasteiger partial charge in [0.05, 0.1) is 12.6 Å². The maximum Gasteiger partial charge on any atom is 0.127 e. The number of pyridine rings is 1. The average Bonchev–Trinajstić information content (AvgIpc) is 2.90. The molecule has 4 nitrogen and oxygen atoms in total. The first kappa shape index (κ1) is 11.2.